The molecule has 2 rings (SSSR count). The van der Waals surface area contributed by atoms with Crippen LogP contribution in [-0.2, 0) is 19.1 Å². The Morgan fingerprint density at radius 2 is 1.50 bits per heavy atom. The van der Waals surface area contributed by atoms with Crippen molar-refractivity contribution in [2.45, 2.75) is 26.9 Å². The summed E-state index contributed by atoms with van der Waals surface area (Å²) in [7, 11) is 0. The first-order valence-corrected chi connectivity index (χ1v) is 10.6. The van der Waals surface area contributed by atoms with E-state index < -0.39 is 23.9 Å². The summed E-state index contributed by atoms with van der Waals surface area (Å²) < 4.78 is 36.1. The summed E-state index contributed by atoms with van der Waals surface area (Å²) in [5.41, 5.74) is 2.65. The molecule has 7 heteroatoms. The Bertz CT molecular complexity index is 1070. The number of carbonyl (C=O) groups is 2. The lowest BCUT2D eigenvalue weighted by atomic mass is 10.1. The largest absolute Gasteiger partial charge is 0.484 e. The van der Waals surface area contributed by atoms with E-state index in [1.807, 2.05) is 6.92 Å². The molecule has 0 amide bonds. The SMILES string of the molecule is C=C(C)COCC(COC(=O)C(=C)C)Oc1ccc(-c2ccc(OC(=O)C(=C)C)c(F)c2)cc1. The fourth-order valence-electron chi connectivity index (χ4n) is 2.64. The van der Waals surface area contributed by atoms with Crippen LogP contribution in [0.15, 0.2) is 78.9 Å². The van der Waals surface area contributed by atoms with E-state index in [2.05, 4.69) is 19.7 Å². The van der Waals surface area contributed by atoms with Crippen molar-refractivity contribution in [1.29, 1.82) is 0 Å². The lowest BCUT2D eigenvalue weighted by molar-refractivity contribution is -0.142. The molecule has 1 atom stereocenters. The van der Waals surface area contributed by atoms with Crippen molar-refractivity contribution in [1.82, 2.24) is 0 Å². The molecule has 0 saturated carbocycles. The lowest BCUT2D eigenvalue weighted by Crippen LogP contribution is -2.30. The minimum Gasteiger partial charge on any atom is -0.484 e. The molecule has 0 spiro atoms. The molecule has 0 heterocycles. The highest BCUT2D eigenvalue weighted by molar-refractivity contribution is 5.89. The summed E-state index contributed by atoms with van der Waals surface area (Å²) in [6.45, 7) is 16.2. The van der Waals surface area contributed by atoms with E-state index in [1.54, 1.807) is 37.3 Å². The molecule has 0 saturated heterocycles. The van der Waals surface area contributed by atoms with E-state index in [4.69, 9.17) is 18.9 Å². The van der Waals surface area contributed by atoms with Crippen LogP contribution in [0.3, 0.4) is 0 Å². The number of rotatable bonds is 12. The van der Waals surface area contributed by atoms with Gasteiger partial charge in [0.25, 0.3) is 0 Å². The third-order valence-corrected chi connectivity index (χ3v) is 4.37. The Kier molecular flexibility index (Phi) is 9.76. The van der Waals surface area contributed by atoms with Gasteiger partial charge in [0.1, 0.15) is 12.4 Å². The molecule has 0 fully saturated rings. The molecule has 0 bridgehead atoms. The van der Waals surface area contributed by atoms with Crippen molar-refractivity contribution in [3.05, 3.63) is 84.7 Å². The first kappa shape index (κ1) is 26.5. The van der Waals surface area contributed by atoms with E-state index in [9.17, 15) is 14.0 Å². The molecule has 2 aromatic rings. The molecule has 2 aromatic carbocycles. The average molecular weight is 469 g/mol. The molecule has 0 radical (unpaired) electrons. The van der Waals surface area contributed by atoms with Crippen LogP contribution in [0, 0.1) is 5.82 Å². The van der Waals surface area contributed by atoms with Gasteiger partial charge in [-0.15, -0.1) is 0 Å². The van der Waals surface area contributed by atoms with Gasteiger partial charge in [-0.3, -0.25) is 0 Å². The summed E-state index contributed by atoms with van der Waals surface area (Å²) in [5, 5.41) is 0. The summed E-state index contributed by atoms with van der Waals surface area (Å²) >= 11 is 0. The average Bonchev–Trinajstić information content (AvgIpc) is 2.78. The zero-order valence-electron chi connectivity index (χ0n) is 19.7. The summed E-state index contributed by atoms with van der Waals surface area (Å²) in [6.07, 6.45) is -0.548. The van der Waals surface area contributed by atoms with Crippen LogP contribution >= 0.6 is 0 Å². The van der Waals surface area contributed by atoms with Crippen LogP contribution in [0.25, 0.3) is 11.1 Å². The van der Waals surface area contributed by atoms with Gasteiger partial charge in [-0.05, 0) is 56.2 Å². The van der Waals surface area contributed by atoms with Gasteiger partial charge in [-0.25, -0.2) is 14.0 Å². The number of hydrogen-bond donors (Lipinski definition) is 0. The lowest BCUT2D eigenvalue weighted by Gasteiger charge is -2.19. The fraction of sp³-hybridized carbons (Fsp3) is 0.259. The predicted octanol–water partition coefficient (Wildman–Crippen LogP) is 5.43. The minimum absolute atomic E-state index is 0.0147. The van der Waals surface area contributed by atoms with E-state index in [1.165, 1.54) is 19.1 Å². The van der Waals surface area contributed by atoms with Gasteiger partial charge >= 0.3 is 11.9 Å². The highest BCUT2D eigenvalue weighted by Gasteiger charge is 2.16. The van der Waals surface area contributed by atoms with Gasteiger partial charge in [0, 0.05) is 11.1 Å². The summed E-state index contributed by atoms with van der Waals surface area (Å²) in [6, 6.07) is 11.3. The van der Waals surface area contributed by atoms with E-state index in [0.717, 1.165) is 11.1 Å². The Morgan fingerprint density at radius 3 is 2.06 bits per heavy atom. The van der Waals surface area contributed by atoms with Crippen LogP contribution in [0.4, 0.5) is 4.39 Å². The van der Waals surface area contributed by atoms with Crippen molar-refractivity contribution in [2.24, 2.45) is 0 Å². The van der Waals surface area contributed by atoms with Gasteiger partial charge in [-0.2, -0.15) is 0 Å². The first-order chi connectivity index (χ1) is 16.1. The Labute approximate surface area is 199 Å². The molecule has 1 unspecified atom stereocenters. The topological polar surface area (TPSA) is 71.1 Å². The van der Waals surface area contributed by atoms with E-state index >= 15 is 0 Å². The third kappa shape index (κ3) is 8.33. The van der Waals surface area contributed by atoms with Crippen LogP contribution in [0.5, 0.6) is 11.5 Å². The fourth-order valence-corrected chi connectivity index (χ4v) is 2.64. The number of hydrogen-bond acceptors (Lipinski definition) is 6. The first-order valence-electron chi connectivity index (χ1n) is 10.6. The van der Waals surface area contributed by atoms with E-state index in [0.29, 0.717) is 23.5 Å². The Balaban J connectivity index is 2.08. The van der Waals surface area contributed by atoms with Crippen LogP contribution in [0.1, 0.15) is 20.8 Å². The molecule has 34 heavy (non-hydrogen) atoms. The molecule has 6 nitrogen and oxygen atoms in total. The third-order valence-electron chi connectivity index (χ3n) is 4.37. The second-order valence-electron chi connectivity index (χ2n) is 7.93. The number of ether oxygens (including phenoxy) is 4. The standard InChI is InChI=1S/C27H29FO6/c1-17(2)14-31-15-23(16-32-26(29)18(3)4)33-22-10-7-20(8-11-22)21-9-12-25(24(28)13-21)34-27(30)19(5)6/h7-13,23H,1,3,5,14-16H2,2,4,6H3. The maximum atomic E-state index is 14.4. The van der Waals surface area contributed by atoms with Gasteiger partial charge in [0.2, 0.25) is 0 Å². The molecule has 0 N–H and O–H groups in total. The number of benzene rings is 2. The van der Waals surface area contributed by atoms with Crippen molar-refractivity contribution in [2.75, 3.05) is 19.8 Å². The monoisotopic (exact) mass is 468 g/mol. The predicted molar refractivity (Wildman–Crippen MR) is 128 cm³/mol. The van der Waals surface area contributed by atoms with Gasteiger partial charge < -0.3 is 18.9 Å². The van der Waals surface area contributed by atoms with Gasteiger partial charge in [0.05, 0.1) is 13.2 Å². The maximum absolute atomic E-state index is 14.4. The zero-order valence-corrected chi connectivity index (χ0v) is 19.7. The van der Waals surface area contributed by atoms with Crippen molar-refractivity contribution in [3.63, 3.8) is 0 Å². The normalized spacial score (nSPS) is 11.3. The number of carbonyl (C=O) groups excluding carboxylic acids is 2. The quantitative estimate of drug-likeness (QED) is 0.179. The van der Waals surface area contributed by atoms with Gasteiger partial charge in [-0.1, -0.05) is 43.5 Å². The second kappa shape index (κ2) is 12.5. The maximum Gasteiger partial charge on any atom is 0.338 e. The zero-order chi connectivity index (χ0) is 25.3. The minimum atomic E-state index is -0.691. The molecular formula is C27H29FO6. The number of esters is 2. The Hall–Kier alpha value is -3.71. The molecule has 0 aliphatic rings. The molecule has 0 aromatic heterocycles. The molecular weight excluding hydrogens is 439 g/mol. The second-order valence-corrected chi connectivity index (χ2v) is 7.93. The number of halogens is 1. The highest BCUT2D eigenvalue weighted by Crippen LogP contribution is 2.28. The van der Waals surface area contributed by atoms with Crippen molar-refractivity contribution < 1.29 is 32.9 Å². The van der Waals surface area contributed by atoms with Crippen molar-refractivity contribution in [3.8, 4) is 22.6 Å². The summed E-state index contributed by atoms with van der Waals surface area (Å²) in [4.78, 5) is 23.3. The smallest absolute Gasteiger partial charge is 0.338 e. The van der Waals surface area contributed by atoms with Crippen molar-refractivity contribution >= 4 is 11.9 Å². The molecule has 0 aliphatic heterocycles. The molecule has 180 valence electrons. The highest BCUT2D eigenvalue weighted by atomic mass is 19.1. The molecule has 0 aliphatic carbocycles. The van der Waals surface area contributed by atoms with Gasteiger partial charge in [0.15, 0.2) is 17.7 Å². The van der Waals surface area contributed by atoms with Crippen LogP contribution in [0.2, 0.25) is 0 Å². The van der Waals surface area contributed by atoms with Crippen LogP contribution in [-0.4, -0.2) is 37.9 Å². The van der Waals surface area contributed by atoms with E-state index in [-0.39, 0.29) is 24.5 Å². The Morgan fingerprint density at radius 1 is 0.882 bits per heavy atom. The summed E-state index contributed by atoms with van der Waals surface area (Å²) in [5.74, 6) is -1.52. The van der Waals surface area contributed by atoms with Crippen LogP contribution < -0.4 is 9.47 Å².